The van der Waals surface area contributed by atoms with Gasteiger partial charge in [0, 0.05) is 18.6 Å². The van der Waals surface area contributed by atoms with E-state index in [1.165, 1.54) is 57.8 Å². The van der Waals surface area contributed by atoms with E-state index in [-0.39, 0.29) is 12.8 Å². The molecule has 0 aliphatic carbocycles. The molecule has 0 fully saturated rings. The van der Waals surface area contributed by atoms with Gasteiger partial charge in [0.1, 0.15) is 5.60 Å². The molecule has 0 spiro atoms. The van der Waals surface area contributed by atoms with Gasteiger partial charge >= 0.3 is 11.9 Å². The van der Waals surface area contributed by atoms with Crippen LogP contribution < -0.4 is 10.6 Å². The Hall–Kier alpha value is -2.55. The van der Waals surface area contributed by atoms with Crippen molar-refractivity contribution in [2.45, 2.75) is 142 Å². The lowest BCUT2D eigenvalue weighted by atomic mass is 9.86. The molecule has 0 saturated heterocycles. The van der Waals surface area contributed by atoms with Crippen LogP contribution in [0, 0.1) is 0 Å². The standard InChI is InChI=1S/C29H50N2O7/c1-5-6-7-8-9-10-11-12-13-14-15-16-17-18-23(32)29(30,27(36)37-28(2,3)4)22-21-26(35)38-31-24(33)19-20-25(31)34/h19-20,33-34H,5-18,21-22,30H2,1-4H3/t29-/m0/s1. The lowest BCUT2D eigenvalue weighted by Crippen LogP contribution is -2.57. The summed E-state index contributed by atoms with van der Waals surface area (Å²) >= 11 is 0. The van der Waals surface area contributed by atoms with Gasteiger partial charge in [-0.05, 0) is 33.6 Å². The zero-order valence-electron chi connectivity index (χ0n) is 23.9. The smallest absolute Gasteiger partial charge is 0.334 e. The molecule has 1 atom stereocenters. The molecule has 0 aliphatic rings. The minimum Gasteiger partial charge on any atom is -0.492 e. The molecular weight excluding hydrogens is 488 g/mol. The maximum atomic E-state index is 13.1. The number of esters is 1. The molecule has 4 N–H and O–H groups in total. The quantitative estimate of drug-likeness (QED) is 0.109. The molecule has 1 aromatic rings. The summed E-state index contributed by atoms with van der Waals surface area (Å²) < 4.78 is 5.94. The normalized spacial score (nSPS) is 13.2. The summed E-state index contributed by atoms with van der Waals surface area (Å²) in [5, 5.41) is 19.3. The fourth-order valence-electron chi connectivity index (χ4n) is 4.19. The Balaban J connectivity index is 2.47. The zero-order valence-corrected chi connectivity index (χ0v) is 23.9. The molecule has 38 heavy (non-hydrogen) atoms. The van der Waals surface area contributed by atoms with Crippen molar-refractivity contribution in [1.29, 1.82) is 0 Å². The van der Waals surface area contributed by atoms with E-state index in [2.05, 4.69) is 6.92 Å². The van der Waals surface area contributed by atoms with Gasteiger partial charge in [-0.1, -0.05) is 84.0 Å². The van der Waals surface area contributed by atoms with E-state index < -0.39 is 47.0 Å². The number of ketones is 1. The number of ether oxygens (including phenoxy) is 1. The second-order valence-corrected chi connectivity index (χ2v) is 11.2. The van der Waals surface area contributed by atoms with Crippen LogP contribution in [0.3, 0.4) is 0 Å². The minimum absolute atomic E-state index is 0.113. The highest BCUT2D eigenvalue weighted by atomic mass is 16.7. The van der Waals surface area contributed by atoms with Crippen molar-refractivity contribution in [3.8, 4) is 11.8 Å². The number of hydrogen-bond donors (Lipinski definition) is 3. The van der Waals surface area contributed by atoms with Gasteiger partial charge < -0.3 is 25.5 Å². The first-order valence-corrected chi connectivity index (χ1v) is 14.3. The number of nitrogens with two attached hydrogens (primary N) is 1. The topological polar surface area (TPSA) is 141 Å². The summed E-state index contributed by atoms with van der Waals surface area (Å²) in [5.74, 6) is -3.18. The molecule has 0 aliphatic heterocycles. The fourth-order valence-corrected chi connectivity index (χ4v) is 4.19. The van der Waals surface area contributed by atoms with Crippen molar-refractivity contribution in [3.63, 3.8) is 0 Å². The van der Waals surface area contributed by atoms with Gasteiger partial charge in [-0.3, -0.25) is 4.79 Å². The summed E-state index contributed by atoms with van der Waals surface area (Å²) in [6, 6.07) is 2.30. The third-order valence-corrected chi connectivity index (χ3v) is 6.48. The van der Waals surface area contributed by atoms with Crippen molar-refractivity contribution in [2.75, 3.05) is 0 Å². The summed E-state index contributed by atoms with van der Waals surface area (Å²) in [4.78, 5) is 43.2. The number of hydrogen-bond acceptors (Lipinski definition) is 8. The first-order valence-electron chi connectivity index (χ1n) is 14.3. The van der Waals surface area contributed by atoms with E-state index in [0.29, 0.717) is 11.2 Å². The van der Waals surface area contributed by atoms with Gasteiger partial charge in [-0.2, -0.15) is 0 Å². The second kappa shape index (κ2) is 17.1. The number of Topliss-reactive ketones (excluding diaryl/α,β-unsaturated/α-hetero) is 1. The third kappa shape index (κ3) is 12.8. The highest BCUT2D eigenvalue weighted by Gasteiger charge is 2.44. The lowest BCUT2D eigenvalue weighted by Gasteiger charge is -2.30. The maximum absolute atomic E-state index is 13.1. The number of carbonyl (C=O) groups is 3. The monoisotopic (exact) mass is 538 g/mol. The van der Waals surface area contributed by atoms with E-state index in [1.807, 2.05) is 0 Å². The van der Waals surface area contributed by atoms with Crippen molar-refractivity contribution >= 4 is 17.7 Å². The fraction of sp³-hybridized carbons (Fsp3) is 0.759. The first kappa shape index (κ1) is 33.5. The van der Waals surface area contributed by atoms with Gasteiger partial charge in [0.2, 0.25) is 11.8 Å². The van der Waals surface area contributed by atoms with Crippen LogP contribution in [-0.2, 0) is 19.1 Å². The molecule has 9 heteroatoms. The Bertz CT molecular complexity index is 840. The maximum Gasteiger partial charge on any atom is 0.334 e. The molecule has 0 saturated carbocycles. The number of aromatic hydroxyl groups is 2. The molecule has 0 aromatic carbocycles. The molecule has 0 unspecified atom stereocenters. The van der Waals surface area contributed by atoms with Crippen LogP contribution in [0.1, 0.15) is 130 Å². The number of rotatable bonds is 20. The van der Waals surface area contributed by atoms with E-state index in [4.69, 9.17) is 15.3 Å². The van der Waals surface area contributed by atoms with Crippen LogP contribution in [0.15, 0.2) is 12.1 Å². The Morgan fingerprint density at radius 3 is 1.68 bits per heavy atom. The van der Waals surface area contributed by atoms with Crippen molar-refractivity contribution in [1.82, 2.24) is 4.73 Å². The Kier molecular flexibility index (Phi) is 15.1. The van der Waals surface area contributed by atoms with Crippen LogP contribution in [0.4, 0.5) is 0 Å². The molecule has 0 bridgehead atoms. The third-order valence-electron chi connectivity index (χ3n) is 6.48. The van der Waals surface area contributed by atoms with Crippen molar-refractivity contribution in [2.24, 2.45) is 5.73 Å². The number of carbonyl (C=O) groups excluding carboxylic acids is 3. The highest BCUT2D eigenvalue weighted by molar-refractivity contribution is 6.08. The Labute approximate surface area is 228 Å². The molecule has 1 aromatic heterocycles. The molecule has 1 rings (SSSR count). The second-order valence-electron chi connectivity index (χ2n) is 11.2. The van der Waals surface area contributed by atoms with E-state index >= 15 is 0 Å². The van der Waals surface area contributed by atoms with E-state index in [1.54, 1.807) is 20.8 Å². The molecule has 0 radical (unpaired) electrons. The number of nitrogens with zero attached hydrogens (tertiary/aromatic N) is 1. The SMILES string of the molecule is CCCCCCCCCCCCCCCC(=O)[C@@](N)(CCC(=O)On1c(O)ccc1O)C(=O)OC(C)(C)C. The molecule has 1 heterocycles. The number of aromatic nitrogens is 1. The predicted octanol–water partition coefficient (Wildman–Crippen LogP) is 5.72. The summed E-state index contributed by atoms with van der Waals surface area (Å²) in [6.07, 6.45) is 14.7. The van der Waals surface area contributed by atoms with Crippen molar-refractivity contribution < 1.29 is 34.2 Å². The summed E-state index contributed by atoms with van der Waals surface area (Å²) in [6.45, 7) is 7.26. The molecule has 9 nitrogen and oxygen atoms in total. The highest BCUT2D eigenvalue weighted by Crippen LogP contribution is 2.23. The molecule has 0 amide bonds. The lowest BCUT2D eigenvalue weighted by molar-refractivity contribution is -0.164. The average molecular weight is 539 g/mol. The van der Waals surface area contributed by atoms with Gasteiger partial charge in [-0.25, -0.2) is 9.59 Å². The van der Waals surface area contributed by atoms with Crippen LogP contribution >= 0.6 is 0 Å². The molecule has 218 valence electrons. The summed E-state index contributed by atoms with van der Waals surface area (Å²) in [7, 11) is 0. The predicted molar refractivity (Wildman–Crippen MR) is 147 cm³/mol. The van der Waals surface area contributed by atoms with Crippen LogP contribution in [0.2, 0.25) is 0 Å². The number of unbranched alkanes of at least 4 members (excludes halogenated alkanes) is 12. The molecular formula is C29H50N2O7. The first-order chi connectivity index (χ1) is 17.9. The van der Waals surface area contributed by atoms with Crippen molar-refractivity contribution in [3.05, 3.63) is 12.1 Å². The zero-order chi connectivity index (χ0) is 28.6. The minimum atomic E-state index is -2.00. The van der Waals surface area contributed by atoms with E-state index in [9.17, 15) is 24.6 Å². The van der Waals surface area contributed by atoms with Crippen LogP contribution in [0.25, 0.3) is 0 Å². The Morgan fingerprint density at radius 1 is 0.789 bits per heavy atom. The van der Waals surface area contributed by atoms with E-state index in [0.717, 1.165) is 31.4 Å². The van der Waals surface area contributed by atoms with Gasteiger partial charge in [0.25, 0.3) is 0 Å². The summed E-state index contributed by atoms with van der Waals surface area (Å²) in [5.41, 5.74) is 3.43. The largest absolute Gasteiger partial charge is 0.492 e. The van der Waals surface area contributed by atoms with Gasteiger partial charge in [0.05, 0.1) is 6.42 Å². The van der Waals surface area contributed by atoms with Crippen LogP contribution in [0.5, 0.6) is 11.8 Å². The Morgan fingerprint density at radius 2 is 1.24 bits per heavy atom. The van der Waals surface area contributed by atoms with Crippen LogP contribution in [-0.4, -0.2) is 43.8 Å². The van der Waals surface area contributed by atoms with Gasteiger partial charge in [-0.15, -0.1) is 4.73 Å². The van der Waals surface area contributed by atoms with Gasteiger partial charge in [0.15, 0.2) is 11.3 Å². The average Bonchev–Trinajstić information content (AvgIpc) is 3.16.